The van der Waals surface area contributed by atoms with Crippen molar-refractivity contribution in [2.45, 2.75) is 18.2 Å². The summed E-state index contributed by atoms with van der Waals surface area (Å²) in [5.74, 6) is 1.42. The first-order valence-corrected chi connectivity index (χ1v) is 6.46. The summed E-state index contributed by atoms with van der Waals surface area (Å²) in [6, 6.07) is 1.82. The molecule has 6 heteroatoms. The number of ether oxygens (including phenoxy) is 1. The fourth-order valence-electron chi connectivity index (χ4n) is 1.71. The second-order valence-corrected chi connectivity index (χ2v) is 4.54. The first-order chi connectivity index (χ1) is 7.69. The zero-order chi connectivity index (χ0) is 11.5. The van der Waals surface area contributed by atoms with Crippen LogP contribution in [0.2, 0.25) is 0 Å². The van der Waals surface area contributed by atoms with Gasteiger partial charge in [0, 0.05) is 19.2 Å². The van der Waals surface area contributed by atoms with Crippen LogP contribution in [0, 0.1) is 0 Å². The summed E-state index contributed by atoms with van der Waals surface area (Å²) in [5.41, 5.74) is 5.75. The van der Waals surface area contributed by atoms with E-state index in [1.54, 1.807) is 0 Å². The first kappa shape index (κ1) is 11.5. The Kier molecular flexibility index (Phi) is 3.50. The lowest BCUT2D eigenvalue weighted by Crippen LogP contribution is -2.41. The van der Waals surface area contributed by atoms with E-state index in [0.29, 0.717) is 11.0 Å². The van der Waals surface area contributed by atoms with Gasteiger partial charge in [0.25, 0.3) is 0 Å². The maximum absolute atomic E-state index is 5.75. The molecule has 1 aliphatic rings. The number of morpholine rings is 1. The van der Waals surface area contributed by atoms with Gasteiger partial charge in [-0.3, -0.25) is 0 Å². The Hall–Kier alpha value is -1.01. The van der Waals surface area contributed by atoms with Crippen LogP contribution in [-0.2, 0) is 4.74 Å². The third-order valence-corrected chi connectivity index (χ3v) is 3.01. The van der Waals surface area contributed by atoms with Gasteiger partial charge >= 0.3 is 0 Å². The Bertz CT molecular complexity index is 374. The van der Waals surface area contributed by atoms with E-state index in [9.17, 15) is 0 Å². The van der Waals surface area contributed by atoms with Gasteiger partial charge in [0.1, 0.15) is 11.6 Å². The molecule has 5 nitrogen and oxygen atoms in total. The van der Waals surface area contributed by atoms with E-state index in [1.165, 1.54) is 11.8 Å². The maximum Gasteiger partial charge on any atom is 0.191 e. The molecule has 1 fully saturated rings. The van der Waals surface area contributed by atoms with Crippen molar-refractivity contribution in [3.8, 4) is 0 Å². The maximum atomic E-state index is 5.75. The van der Waals surface area contributed by atoms with Crippen LogP contribution in [0.5, 0.6) is 0 Å². The Morgan fingerprint density at radius 1 is 1.56 bits per heavy atom. The van der Waals surface area contributed by atoms with Crippen molar-refractivity contribution in [3.05, 3.63) is 6.07 Å². The van der Waals surface area contributed by atoms with Gasteiger partial charge in [0.05, 0.1) is 12.7 Å². The Labute approximate surface area is 99.4 Å². The number of hydrogen-bond acceptors (Lipinski definition) is 6. The molecule has 1 aromatic rings. The predicted molar refractivity (Wildman–Crippen MR) is 65.9 cm³/mol. The van der Waals surface area contributed by atoms with Gasteiger partial charge in [-0.25, -0.2) is 9.97 Å². The molecule has 1 atom stereocenters. The van der Waals surface area contributed by atoms with Crippen molar-refractivity contribution in [2.24, 2.45) is 0 Å². The molecule has 2 N–H and O–H groups in total. The van der Waals surface area contributed by atoms with Gasteiger partial charge in [0.2, 0.25) is 0 Å². The molecule has 2 rings (SSSR count). The number of aromatic nitrogens is 2. The third-order valence-electron chi connectivity index (χ3n) is 2.46. The Morgan fingerprint density at radius 3 is 3.06 bits per heavy atom. The molecule has 1 aromatic heterocycles. The first-order valence-electron chi connectivity index (χ1n) is 5.24. The van der Waals surface area contributed by atoms with E-state index in [0.717, 1.165) is 25.5 Å². The van der Waals surface area contributed by atoms with Crippen LogP contribution < -0.4 is 10.6 Å². The van der Waals surface area contributed by atoms with Gasteiger partial charge in [-0.15, -0.1) is 0 Å². The number of anilines is 2. The second-order valence-electron chi connectivity index (χ2n) is 3.77. The summed E-state index contributed by atoms with van der Waals surface area (Å²) in [6.07, 6.45) is 2.18. The summed E-state index contributed by atoms with van der Waals surface area (Å²) in [7, 11) is 0. The molecule has 0 aliphatic carbocycles. The molecule has 1 aliphatic heterocycles. The number of nitrogen functional groups attached to an aromatic ring is 1. The minimum absolute atomic E-state index is 0.239. The van der Waals surface area contributed by atoms with Gasteiger partial charge in [-0.2, -0.15) is 0 Å². The number of nitrogens with zero attached hydrogens (tertiary/aromatic N) is 3. The molecule has 1 saturated heterocycles. The number of thioether (sulfide) groups is 1. The molecule has 88 valence electrons. The van der Waals surface area contributed by atoms with Crippen LogP contribution in [0.3, 0.4) is 0 Å². The summed E-state index contributed by atoms with van der Waals surface area (Å²) in [4.78, 5) is 10.8. The second kappa shape index (κ2) is 4.88. The molecule has 2 heterocycles. The van der Waals surface area contributed by atoms with Gasteiger partial charge in [-0.1, -0.05) is 11.8 Å². The molecule has 0 amide bonds. The van der Waals surface area contributed by atoms with Gasteiger partial charge in [0.15, 0.2) is 5.16 Å². The van der Waals surface area contributed by atoms with E-state index in [2.05, 4.69) is 21.8 Å². The van der Waals surface area contributed by atoms with Crippen molar-refractivity contribution in [2.75, 3.05) is 36.6 Å². The highest BCUT2D eigenvalue weighted by molar-refractivity contribution is 7.98. The van der Waals surface area contributed by atoms with Gasteiger partial charge < -0.3 is 15.4 Å². The van der Waals surface area contributed by atoms with Crippen LogP contribution >= 0.6 is 11.8 Å². The molecule has 0 bridgehead atoms. The highest BCUT2D eigenvalue weighted by atomic mass is 32.2. The molecule has 16 heavy (non-hydrogen) atoms. The predicted octanol–water partition coefficient (Wildman–Crippen LogP) is 1.01. The standard InChI is InChI=1S/C10H16N4OS/c1-7-6-14(3-4-15-7)9-5-8(11)12-10(13-9)16-2/h5,7H,3-4,6H2,1-2H3,(H2,11,12,13). The molecular weight excluding hydrogens is 224 g/mol. The Morgan fingerprint density at radius 2 is 2.38 bits per heavy atom. The topological polar surface area (TPSA) is 64.3 Å². The van der Waals surface area contributed by atoms with E-state index in [-0.39, 0.29) is 6.10 Å². The molecule has 1 unspecified atom stereocenters. The van der Waals surface area contributed by atoms with E-state index < -0.39 is 0 Å². The molecule has 0 spiro atoms. The molecule has 0 saturated carbocycles. The lowest BCUT2D eigenvalue weighted by molar-refractivity contribution is 0.0529. The number of hydrogen-bond donors (Lipinski definition) is 1. The van der Waals surface area contributed by atoms with E-state index in [1.807, 2.05) is 12.3 Å². The summed E-state index contributed by atoms with van der Waals surface area (Å²) >= 11 is 1.50. The summed E-state index contributed by atoms with van der Waals surface area (Å²) < 4.78 is 5.49. The molecule has 0 aromatic carbocycles. The van der Waals surface area contributed by atoms with Crippen LogP contribution in [0.1, 0.15) is 6.92 Å². The van der Waals surface area contributed by atoms with Crippen molar-refractivity contribution in [1.82, 2.24) is 9.97 Å². The average Bonchev–Trinajstić information content (AvgIpc) is 2.28. The lowest BCUT2D eigenvalue weighted by Gasteiger charge is -2.32. The quantitative estimate of drug-likeness (QED) is 0.615. The lowest BCUT2D eigenvalue weighted by atomic mass is 10.3. The van der Waals surface area contributed by atoms with Crippen LogP contribution in [-0.4, -0.2) is 42.0 Å². The SMILES string of the molecule is CSc1nc(N)cc(N2CCOC(C)C2)n1. The van der Waals surface area contributed by atoms with Crippen LogP contribution in [0.15, 0.2) is 11.2 Å². The third kappa shape index (κ3) is 2.56. The minimum atomic E-state index is 0.239. The van der Waals surface area contributed by atoms with Crippen LogP contribution in [0.25, 0.3) is 0 Å². The normalized spacial score (nSPS) is 21.1. The van der Waals surface area contributed by atoms with E-state index >= 15 is 0 Å². The highest BCUT2D eigenvalue weighted by Crippen LogP contribution is 2.20. The fourth-order valence-corrected chi connectivity index (χ4v) is 2.09. The van der Waals surface area contributed by atoms with Crippen LogP contribution in [0.4, 0.5) is 11.6 Å². The monoisotopic (exact) mass is 240 g/mol. The van der Waals surface area contributed by atoms with Crippen molar-refractivity contribution in [3.63, 3.8) is 0 Å². The summed E-state index contributed by atoms with van der Waals surface area (Å²) in [6.45, 7) is 4.50. The van der Waals surface area contributed by atoms with Crippen molar-refractivity contribution in [1.29, 1.82) is 0 Å². The van der Waals surface area contributed by atoms with Gasteiger partial charge in [-0.05, 0) is 13.2 Å². The zero-order valence-electron chi connectivity index (χ0n) is 9.51. The van der Waals surface area contributed by atoms with Crippen molar-refractivity contribution >= 4 is 23.4 Å². The average molecular weight is 240 g/mol. The number of rotatable bonds is 2. The fraction of sp³-hybridized carbons (Fsp3) is 0.600. The zero-order valence-corrected chi connectivity index (χ0v) is 10.3. The minimum Gasteiger partial charge on any atom is -0.383 e. The highest BCUT2D eigenvalue weighted by Gasteiger charge is 2.18. The molecule has 0 radical (unpaired) electrons. The van der Waals surface area contributed by atoms with E-state index in [4.69, 9.17) is 10.5 Å². The molecular formula is C10H16N4OS. The van der Waals surface area contributed by atoms with Crippen molar-refractivity contribution < 1.29 is 4.74 Å². The smallest absolute Gasteiger partial charge is 0.191 e. The number of nitrogens with two attached hydrogens (primary N) is 1. The Balaban J connectivity index is 2.21. The summed E-state index contributed by atoms with van der Waals surface area (Å²) in [5, 5.41) is 0.717. The largest absolute Gasteiger partial charge is 0.383 e.